The molecule has 0 unspecified atom stereocenters. The van der Waals surface area contributed by atoms with Gasteiger partial charge in [0.25, 0.3) is 0 Å². The minimum Gasteiger partial charge on any atom is -0.369 e. The highest BCUT2D eigenvalue weighted by Crippen LogP contribution is 2.32. The molecule has 0 aliphatic heterocycles. The molecule has 0 aliphatic carbocycles. The van der Waals surface area contributed by atoms with Crippen LogP contribution in [0, 0.1) is 11.3 Å². The molecular weight excluding hydrogens is 295 g/mol. The third kappa shape index (κ3) is 4.43. The monoisotopic (exact) mass is 314 g/mol. The summed E-state index contributed by atoms with van der Waals surface area (Å²) in [6.45, 7) is 7.56. The average molecular weight is 315 g/mol. The summed E-state index contributed by atoms with van der Waals surface area (Å²) in [4.78, 5) is 6.54. The van der Waals surface area contributed by atoms with Crippen molar-refractivity contribution >= 4 is 34.8 Å². The van der Waals surface area contributed by atoms with Gasteiger partial charge in [0.15, 0.2) is 0 Å². The summed E-state index contributed by atoms with van der Waals surface area (Å²) in [6.07, 6.45) is 1.41. The van der Waals surface area contributed by atoms with Gasteiger partial charge in [-0.05, 0) is 26.3 Å². The molecule has 110 valence electrons. The summed E-state index contributed by atoms with van der Waals surface area (Å²) in [7, 11) is 0. The van der Waals surface area contributed by atoms with Gasteiger partial charge < -0.3 is 10.2 Å². The van der Waals surface area contributed by atoms with Crippen molar-refractivity contribution in [2.45, 2.75) is 39.7 Å². The number of halogens is 2. The van der Waals surface area contributed by atoms with E-state index in [4.69, 9.17) is 28.5 Å². The lowest BCUT2D eigenvalue weighted by molar-refractivity contribution is 0.677. The Balaban J connectivity index is 3.10. The van der Waals surface area contributed by atoms with E-state index in [0.717, 1.165) is 13.0 Å². The van der Waals surface area contributed by atoms with Crippen molar-refractivity contribution in [2.24, 2.45) is 0 Å². The lowest BCUT2D eigenvalue weighted by atomic mass is 10.2. The first kappa shape index (κ1) is 16.9. The minimum atomic E-state index is 0.202. The van der Waals surface area contributed by atoms with Crippen LogP contribution in [0.3, 0.4) is 0 Å². The minimum absolute atomic E-state index is 0.202. The Bertz CT molecular complexity index is 483. The molecule has 1 N–H and O–H groups in total. The first-order valence-electron chi connectivity index (χ1n) is 6.74. The van der Waals surface area contributed by atoms with Crippen molar-refractivity contribution < 1.29 is 0 Å². The highest BCUT2D eigenvalue weighted by atomic mass is 35.5. The zero-order chi connectivity index (χ0) is 15.1. The Labute approximate surface area is 130 Å². The van der Waals surface area contributed by atoms with Crippen LogP contribution >= 0.6 is 23.2 Å². The van der Waals surface area contributed by atoms with Crippen LogP contribution < -0.4 is 10.2 Å². The molecule has 0 fully saturated rings. The molecule has 1 heterocycles. The molecule has 0 radical (unpaired) electrons. The third-order valence-corrected chi connectivity index (χ3v) is 3.38. The molecule has 0 atom stereocenters. The van der Waals surface area contributed by atoms with Crippen molar-refractivity contribution in [3.8, 4) is 6.07 Å². The van der Waals surface area contributed by atoms with E-state index in [2.05, 4.69) is 23.3 Å². The summed E-state index contributed by atoms with van der Waals surface area (Å²) in [5, 5.41) is 13.0. The SMILES string of the molecule is CCCNc1nc(N(CCC#N)C(C)C)c(Cl)cc1Cl. The molecular formula is C14H20Cl2N4. The molecule has 6 heteroatoms. The molecule has 0 spiro atoms. The number of hydrogen-bond donors (Lipinski definition) is 1. The van der Waals surface area contributed by atoms with Gasteiger partial charge in [-0.25, -0.2) is 4.98 Å². The van der Waals surface area contributed by atoms with Gasteiger partial charge in [0.1, 0.15) is 11.6 Å². The Hall–Kier alpha value is -1.18. The van der Waals surface area contributed by atoms with Crippen molar-refractivity contribution in [1.29, 1.82) is 5.26 Å². The quantitative estimate of drug-likeness (QED) is 0.813. The Kier molecular flexibility index (Phi) is 6.90. The highest BCUT2D eigenvalue weighted by Gasteiger charge is 2.17. The average Bonchev–Trinajstić information content (AvgIpc) is 2.39. The maximum absolute atomic E-state index is 8.76. The van der Waals surface area contributed by atoms with E-state index in [1.807, 2.05) is 18.7 Å². The summed E-state index contributed by atoms with van der Waals surface area (Å²) < 4.78 is 0. The van der Waals surface area contributed by atoms with Crippen molar-refractivity contribution in [3.63, 3.8) is 0 Å². The van der Waals surface area contributed by atoms with Crippen molar-refractivity contribution in [2.75, 3.05) is 23.3 Å². The zero-order valence-corrected chi connectivity index (χ0v) is 13.6. The van der Waals surface area contributed by atoms with E-state index < -0.39 is 0 Å². The van der Waals surface area contributed by atoms with E-state index in [1.54, 1.807) is 6.07 Å². The fourth-order valence-electron chi connectivity index (χ4n) is 1.80. The van der Waals surface area contributed by atoms with Gasteiger partial charge in [-0.2, -0.15) is 5.26 Å². The van der Waals surface area contributed by atoms with Gasteiger partial charge in [0, 0.05) is 19.1 Å². The molecule has 4 nitrogen and oxygen atoms in total. The van der Waals surface area contributed by atoms with Gasteiger partial charge in [0.05, 0.1) is 22.5 Å². The van der Waals surface area contributed by atoms with Gasteiger partial charge in [-0.15, -0.1) is 0 Å². The van der Waals surface area contributed by atoms with Crippen molar-refractivity contribution in [3.05, 3.63) is 16.1 Å². The van der Waals surface area contributed by atoms with Gasteiger partial charge in [-0.3, -0.25) is 0 Å². The number of aromatic nitrogens is 1. The summed E-state index contributed by atoms with van der Waals surface area (Å²) in [6, 6.07) is 4.05. The second-order valence-corrected chi connectivity index (χ2v) is 5.56. The van der Waals surface area contributed by atoms with E-state index in [0.29, 0.717) is 34.6 Å². The van der Waals surface area contributed by atoms with Crippen LogP contribution in [0.5, 0.6) is 0 Å². The van der Waals surface area contributed by atoms with E-state index in [1.165, 1.54) is 0 Å². The summed E-state index contributed by atoms with van der Waals surface area (Å²) in [5.41, 5.74) is 0. The predicted octanol–water partition coefficient (Wildman–Crippen LogP) is 4.34. The van der Waals surface area contributed by atoms with Crippen LogP contribution in [0.1, 0.15) is 33.6 Å². The van der Waals surface area contributed by atoms with E-state index in [-0.39, 0.29) is 6.04 Å². The van der Waals surface area contributed by atoms with Gasteiger partial charge >= 0.3 is 0 Å². The first-order chi connectivity index (χ1) is 9.51. The van der Waals surface area contributed by atoms with Gasteiger partial charge in [-0.1, -0.05) is 30.1 Å². The second kappa shape index (κ2) is 8.18. The van der Waals surface area contributed by atoms with Crippen LogP contribution in [-0.2, 0) is 0 Å². The fraction of sp³-hybridized carbons (Fsp3) is 0.571. The van der Waals surface area contributed by atoms with Gasteiger partial charge in [0.2, 0.25) is 0 Å². The number of nitriles is 1. The number of pyridine rings is 1. The van der Waals surface area contributed by atoms with Crippen LogP contribution in [0.25, 0.3) is 0 Å². The van der Waals surface area contributed by atoms with E-state index in [9.17, 15) is 0 Å². The Morgan fingerprint density at radius 2 is 2.10 bits per heavy atom. The lowest BCUT2D eigenvalue weighted by Crippen LogP contribution is -2.32. The van der Waals surface area contributed by atoms with Crippen LogP contribution in [0.2, 0.25) is 10.0 Å². The first-order valence-corrected chi connectivity index (χ1v) is 7.50. The topological polar surface area (TPSA) is 52.0 Å². The molecule has 0 aliphatic rings. The Morgan fingerprint density at radius 1 is 1.40 bits per heavy atom. The lowest BCUT2D eigenvalue weighted by Gasteiger charge is -2.28. The molecule has 0 amide bonds. The molecule has 0 saturated carbocycles. The standard InChI is InChI=1S/C14H20Cl2N4/c1-4-7-18-13-11(15)9-12(16)14(19-13)20(10(2)3)8-5-6-17/h9-10H,4-5,7-8H2,1-3H3,(H,18,19). The number of rotatable bonds is 7. The molecule has 1 rings (SSSR count). The summed E-state index contributed by atoms with van der Waals surface area (Å²) in [5.74, 6) is 1.30. The van der Waals surface area contributed by atoms with Crippen LogP contribution in [0.15, 0.2) is 6.07 Å². The molecule has 0 bridgehead atoms. The molecule has 1 aromatic heterocycles. The number of nitrogens with one attached hydrogen (secondary N) is 1. The number of nitrogens with zero attached hydrogens (tertiary/aromatic N) is 3. The second-order valence-electron chi connectivity index (χ2n) is 4.75. The summed E-state index contributed by atoms with van der Waals surface area (Å²) >= 11 is 12.4. The largest absolute Gasteiger partial charge is 0.369 e. The van der Waals surface area contributed by atoms with Crippen LogP contribution in [-0.4, -0.2) is 24.1 Å². The maximum Gasteiger partial charge on any atom is 0.150 e. The number of hydrogen-bond acceptors (Lipinski definition) is 4. The van der Waals surface area contributed by atoms with E-state index >= 15 is 0 Å². The van der Waals surface area contributed by atoms with Crippen LogP contribution in [0.4, 0.5) is 11.6 Å². The zero-order valence-electron chi connectivity index (χ0n) is 12.1. The molecule has 0 aromatic carbocycles. The smallest absolute Gasteiger partial charge is 0.150 e. The maximum atomic E-state index is 8.76. The molecule has 1 aromatic rings. The molecule has 20 heavy (non-hydrogen) atoms. The fourth-order valence-corrected chi connectivity index (χ4v) is 2.34. The number of anilines is 2. The van der Waals surface area contributed by atoms with Crippen molar-refractivity contribution in [1.82, 2.24) is 4.98 Å². The third-order valence-electron chi connectivity index (χ3n) is 2.81. The normalized spacial score (nSPS) is 10.4. The highest BCUT2D eigenvalue weighted by molar-refractivity contribution is 6.37. The molecule has 0 saturated heterocycles. The Morgan fingerprint density at radius 3 is 2.65 bits per heavy atom. The predicted molar refractivity (Wildman–Crippen MR) is 85.7 cm³/mol.